The normalized spacial score (nSPS) is 10.4. The number of benzene rings is 2. The van der Waals surface area contributed by atoms with Crippen LogP contribution in [0.3, 0.4) is 0 Å². The average Bonchev–Trinajstić information content (AvgIpc) is 2.40. The molecule has 0 unspecified atom stereocenters. The van der Waals surface area contributed by atoms with E-state index in [0.29, 0.717) is 16.5 Å². The van der Waals surface area contributed by atoms with Crippen LogP contribution in [0.5, 0.6) is 0 Å². The molecule has 0 saturated heterocycles. The highest BCUT2D eigenvalue weighted by molar-refractivity contribution is 7.24. The van der Waals surface area contributed by atoms with Crippen LogP contribution in [0, 0.1) is 0 Å². The summed E-state index contributed by atoms with van der Waals surface area (Å²) in [6.07, 6.45) is 1.48. The molecule has 0 atom stereocenters. The highest BCUT2D eigenvalue weighted by Gasteiger charge is 2.05. The van der Waals surface area contributed by atoms with Gasteiger partial charge in [-0.3, -0.25) is 4.79 Å². The van der Waals surface area contributed by atoms with Gasteiger partial charge in [-0.1, -0.05) is 12.1 Å². The lowest BCUT2D eigenvalue weighted by atomic mass is 10.2. The summed E-state index contributed by atoms with van der Waals surface area (Å²) in [6.45, 7) is 0. The van der Waals surface area contributed by atoms with Crippen molar-refractivity contribution in [3.05, 3.63) is 52.7 Å². The van der Waals surface area contributed by atoms with E-state index in [1.807, 2.05) is 30.3 Å². The first-order valence-electron chi connectivity index (χ1n) is 5.33. The average molecular weight is 253 g/mol. The number of hydrogen-bond donors (Lipinski definition) is 0. The Morgan fingerprint density at radius 3 is 2.61 bits per heavy atom. The van der Waals surface area contributed by atoms with Crippen LogP contribution in [0.25, 0.3) is 20.2 Å². The Labute approximate surface area is 106 Å². The molecule has 86 valence electrons. The maximum Gasteiger partial charge on any atom is 0.240 e. The molecule has 3 aromatic rings. The molecule has 3 rings (SSSR count). The Morgan fingerprint density at radius 1 is 1.00 bits per heavy atom. The summed E-state index contributed by atoms with van der Waals surface area (Å²) in [7, 11) is 0. The number of rotatable bonds is 1. The Hall–Kier alpha value is -2.29. The molecule has 0 aliphatic rings. The summed E-state index contributed by atoms with van der Waals surface area (Å²) < 4.78 is 1.85. The van der Waals surface area contributed by atoms with Crippen LogP contribution in [0.1, 0.15) is 0 Å². The lowest BCUT2D eigenvalue weighted by molar-refractivity contribution is 0.565. The Bertz CT molecular complexity index is 860. The molecule has 0 fully saturated rings. The predicted molar refractivity (Wildman–Crippen MR) is 73.4 cm³/mol. The number of isocyanates is 1. The molecular formula is C14H7NO2S. The van der Waals surface area contributed by atoms with Crippen LogP contribution in [0.15, 0.2) is 52.3 Å². The van der Waals surface area contributed by atoms with Crippen LogP contribution in [-0.4, -0.2) is 6.08 Å². The fraction of sp³-hybridized carbons (Fsp3) is 0. The third-order valence-corrected chi connectivity index (χ3v) is 3.89. The van der Waals surface area contributed by atoms with E-state index in [2.05, 4.69) is 4.99 Å². The molecule has 4 heteroatoms. The largest absolute Gasteiger partial charge is 0.289 e. The monoisotopic (exact) mass is 253 g/mol. The van der Waals surface area contributed by atoms with Crippen LogP contribution >= 0.6 is 11.3 Å². The van der Waals surface area contributed by atoms with Gasteiger partial charge in [-0.05, 0) is 30.3 Å². The first-order valence-corrected chi connectivity index (χ1v) is 6.15. The van der Waals surface area contributed by atoms with Gasteiger partial charge >= 0.3 is 0 Å². The van der Waals surface area contributed by atoms with E-state index in [-0.39, 0.29) is 5.43 Å². The quantitative estimate of drug-likeness (QED) is 0.379. The van der Waals surface area contributed by atoms with Crippen molar-refractivity contribution in [3.8, 4) is 0 Å². The highest BCUT2D eigenvalue weighted by Crippen LogP contribution is 2.27. The van der Waals surface area contributed by atoms with Crippen molar-refractivity contribution in [3.63, 3.8) is 0 Å². The molecule has 1 heterocycles. The predicted octanol–water partition coefficient (Wildman–Crippen LogP) is 3.38. The minimum atomic E-state index is -0.0256. The van der Waals surface area contributed by atoms with Crippen molar-refractivity contribution >= 4 is 43.3 Å². The van der Waals surface area contributed by atoms with Gasteiger partial charge in [0.2, 0.25) is 6.08 Å². The molecule has 2 aromatic carbocycles. The first kappa shape index (κ1) is 10.8. The molecule has 1 aromatic heterocycles. The van der Waals surface area contributed by atoms with Gasteiger partial charge in [0.25, 0.3) is 0 Å². The van der Waals surface area contributed by atoms with E-state index < -0.39 is 0 Å². The lowest BCUT2D eigenvalue weighted by Crippen LogP contribution is -2.00. The van der Waals surface area contributed by atoms with E-state index in [0.717, 1.165) is 9.40 Å². The summed E-state index contributed by atoms with van der Waals surface area (Å²) in [6, 6.07) is 12.6. The van der Waals surface area contributed by atoms with Crippen molar-refractivity contribution in [1.82, 2.24) is 0 Å². The summed E-state index contributed by atoms with van der Waals surface area (Å²) in [5, 5.41) is 1.29. The van der Waals surface area contributed by atoms with E-state index in [9.17, 15) is 9.59 Å². The summed E-state index contributed by atoms with van der Waals surface area (Å²) in [4.78, 5) is 26.1. The standard InChI is InChI=1S/C14H7NO2S/c16-8-15-9-5-6-13-11(7-9)14(17)10-3-1-2-4-12(10)18-13/h1-7H. The van der Waals surface area contributed by atoms with Gasteiger partial charge in [0.1, 0.15) is 0 Å². The first-order chi connectivity index (χ1) is 8.79. The summed E-state index contributed by atoms with van der Waals surface area (Å²) in [5.74, 6) is 0. The number of aliphatic imine (C=N–C) groups is 1. The topological polar surface area (TPSA) is 46.5 Å². The second kappa shape index (κ2) is 4.18. The zero-order valence-electron chi connectivity index (χ0n) is 9.21. The molecule has 0 saturated carbocycles. The SMILES string of the molecule is O=C=Nc1ccc2sc3ccccc3c(=O)c2c1. The molecule has 0 amide bonds. The van der Waals surface area contributed by atoms with Crippen molar-refractivity contribution in [1.29, 1.82) is 0 Å². The minimum Gasteiger partial charge on any atom is -0.289 e. The van der Waals surface area contributed by atoms with Gasteiger partial charge in [-0.25, -0.2) is 4.79 Å². The van der Waals surface area contributed by atoms with Crippen molar-refractivity contribution in [2.75, 3.05) is 0 Å². The number of nitrogens with zero attached hydrogens (tertiary/aromatic N) is 1. The van der Waals surface area contributed by atoms with Crippen LogP contribution in [0.4, 0.5) is 5.69 Å². The van der Waals surface area contributed by atoms with Crippen molar-refractivity contribution in [2.24, 2.45) is 4.99 Å². The Kier molecular flexibility index (Phi) is 2.52. The number of fused-ring (bicyclic) bond motifs is 2. The van der Waals surface area contributed by atoms with Gasteiger partial charge in [0.15, 0.2) is 5.43 Å². The van der Waals surface area contributed by atoms with E-state index >= 15 is 0 Å². The van der Waals surface area contributed by atoms with E-state index in [4.69, 9.17) is 0 Å². The highest BCUT2D eigenvalue weighted by atomic mass is 32.1. The molecule has 0 bridgehead atoms. The summed E-state index contributed by atoms with van der Waals surface area (Å²) >= 11 is 1.55. The molecule has 0 radical (unpaired) electrons. The molecule has 18 heavy (non-hydrogen) atoms. The number of carbonyl (C=O) groups excluding carboxylic acids is 1. The smallest absolute Gasteiger partial charge is 0.240 e. The molecule has 0 spiro atoms. The maximum atomic E-state index is 12.3. The van der Waals surface area contributed by atoms with Gasteiger partial charge in [-0.15, -0.1) is 11.3 Å². The molecule has 0 aliphatic heterocycles. The Morgan fingerprint density at radius 2 is 1.78 bits per heavy atom. The van der Waals surface area contributed by atoms with Gasteiger partial charge in [0.05, 0.1) is 5.69 Å². The molecular weight excluding hydrogens is 246 g/mol. The summed E-state index contributed by atoms with van der Waals surface area (Å²) in [5.41, 5.74) is 0.430. The minimum absolute atomic E-state index is 0.0256. The molecule has 0 N–H and O–H groups in total. The van der Waals surface area contributed by atoms with Crippen molar-refractivity contribution in [2.45, 2.75) is 0 Å². The Balaban J connectivity index is 2.49. The maximum absolute atomic E-state index is 12.3. The van der Waals surface area contributed by atoms with E-state index in [1.165, 1.54) is 6.08 Å². The second-order valence-corrected chi connectivity index (χ2v) is 4.89. The van der Waals surface area contributed by atoms with Gasteiger partial charge in [-0.2, -0.15) is 4.99 Å². The van der Waals surface area contributed by atoms with Crippen LogP contribution in [-0.2, 0) is 4.79 Å². The lowest BCUT2D eigenvalue weighted by Gasteiger charge is -2.00. The number of hydrogen-bond acceptors (Lipinski definition) is 4. The van der Waals surface area contributed by atoms with E-state index in [1.54, 1.807) is 23.5 Å². The van der Waals surface area contributed by atoms with Gasteiger partial charge < -0.3 is 0 Å². The third-order valence-electron chi connectivity index (χ3n) is 2.73. The van der Waals surface area contributed by atoms with Crippen molar-refractivity contribution < 1.29 is 4.79 Å². The van der Waals surface area contributed by atoms with Crippen LogP contribution < -0.4 is 5.43 Å². The molecule has 3 nitrogen and oxygen atoms in total. The zero-order valence-corrected chi connectivity index (χ0v) is 10.0. The second-order valence-electron chi connectivity index (χ2n) is 3.81. The fourth-order valence-electron chi connectivity index (χ4n) is 1.91. The fourth-order valence-corrected chi connectivity index (χ4v) is 2.97. The van der Waals surface area contributed by atoms with Crippen LogP contribution in [0.2, 0.25) is 0 Å². The molecule has 0 aliphatic carbocycles. The third kappa shape index (κ3) is 1.64. The zero-order chi connectivity index (χ0) is 12.5. The van der Waals surface area contributed by atoms with Gasteiger partial charge in [0, 0.05) is 20.2 Å².